The maximum Gasteiger partial charge on any atom is 0.264 e. The number of anilines is 1. The summed E-state index contributed by atoms with van der Waals surface area (Å²) in [4.78, 5) is -0.491. The first-order chi connectivity index (χ1) is 9.44. The molecule has 0 saturated heterocycles. The van der Waals surface area contributed by atoms with Crippen LogP contribution in [0.4, 0.5) is 10.1 Å². The number of ether oxygens (including phenoxy) is 1. The molecular weight excluding hydrogens is 285 g/mol. The van der Waals surface area contributed by atoms with E-state index in [1.54, 1.807) is 0 Å². The highest BCUT2D eigenvalue weighted by Gasteiger charge is 2.20. The fourth-order valence-electron chi connectivity index (χ4n) is 1.59. The second-order valence-corrected chi connectivity index (χ2v) is 5.57. The average molecular weight is 297 g/mol. The van der Waals surface area contributed by atoms with Crippen LogP contribution < -0.4 is 9.46 Å². The summed E-state index contributed by atoms with van der Waals surface area (Å²) < 4.78 is 44.6. The normalized spacial score (nSPS) is 11.1. The Balaban J connectivity index is 2.36. The number of hydrogen-bond donors (Lipinski definition) is 2. The fourth-order valence-corrected chi connectivity index (χ4v) is 2.74. The van der Waals surface area contributed by atoms with E-state index < -0.39 is 20.7 Å². The highest BCUT2D eigenvalue weighted by Crippen LogP contribution is 2.30. The molecule has 0 aromatic heterocycles. The number of sulfonamides is 1. The molecule has 0 fully saturated rings. The first-order valence-corrected chi connectivity index (χ1v) is 7.07. The molecule has 0 unspecified atom stereocenters. The van der Waals surface area contributed by atoms with Crippen molar-refractivity contribution in [1.82, 2.24) is 0 Å². The number of halogens is 1. The number of aromatic hydroxyl groups is 1. The Labute approximate surface area is 115 Å². The molecule has 7 heteroatoms. The van der Waals surface area contributed by atoms with Crippen LogP contribution in [0.2, 0.25) is 0 Å². The average Bonchev–Trinajstić information content (AvgIpc) is 2.41. The summed E-state index contributed by atoms with van der Waals surface area (Å²) in [7, 11) is -2.70. The lowest BCUT2D eigenvalue weighted by Crippen LogP contribution is -2.14. The van der Waals surface area contributed by atoms with Gasteiger partial charge in [0.05, 0.1) is 12.8 Å². The van der Waals surface area contributed by atoms with Crippen molar-refractivity contribution in [3.8, 4) is 11.5 Å². The zero-order valence-electron chi connectivity index (χ0n) is 10.5. The van der Waals surface area contributed by atoms with Gasteiger partial charge in [0.2, 0.25) is 0 Å². The number of rotatable bonds is 4. The van der Waals surface area contributed by atoms with Gasteiger partial charge in [0.1, 0.15) is 22.2 Å². The molecule has 2 aromatic rings. The van der Waals surface area contributed by atoms with Crippen molar-refractivity contribution < 1.29 is 22.7 Å². The van der Waals surface area contributed by atoms with Gasteiger partial charge < -0.3 is 9.84 Å². The highest BCUT2D eigenvalue weighted by atomic mass is 32.2. The molecule has 106 valence electrons. The summed E-state index contributed by atoms with van der Waals surface area (Å²) >= 11 is 0. The van der Waals surface area contributed by atoms with Gasteiger partial charge in [-0.1, -0.05) is 12.1 Å². The quantitative estimate of drug-likeness (QED) is 0.849. The van der Waals surface area contributed by atoms with Gasteiger partial charge in [-0.3, -0.25) is 4.72 Å². The van der Waals surface area contributed by atoms with Gasteiger partial charge in [-0.25, -0.2) is 12.8 Å². The first-order valence-electron chi connectivity index (χ1n) is 5.58. The van der Waals surface area contributed by atoms with E-state index in [9.17, 15) is 17.9 Å². The topological polar surface area (TPSA) is 75.6 Å². The lowest BCUT2D eigenvalue weighted by molar-refractivity contribution is 0.408. The molecule has 0 radical (unpaired) electrons. The third kappa shape index (κ3) is 2.83. The zero-order valence-corrected chi connectivity index (χ0v) is 11.3. The van der Waals surface area contributed by atoms with Gasteiger partial charge in [-0.05, 0) is 24.3 Å². The Morgan fingerprint density at radius 1 is 1.20 bits per heavy atom. The summed E-state index contributed by atoms with van der Waals surface area (Å²) in [5.41, 5.74) is -0.0611. The number of nitrogens with one attached hydrogen (secondary N) is 1. The van der Waals surface area contributed by atoms with Gasteiger partial charge in [0.25, 0.3) is 10.0 Å². The smallest absolute Gasteiger partial charge is 0.264 e. The highest BCUT2D eigenvalue weighted by molar-refractivity contribution is 7.92. The Hall–Kier alpha value is -2.28. The second-order valence-electron chi connectivity index (χ2n) is 3.92. The summed E-state index contributed by atoms with van der Waals surface area (Å²) in [5, 5.41) is 9.70. The van der Waals surface area contributed by atoms with Crippen LogP contribution in [0.3, 0.4) is 0 Å². The molecule has 0 spiro atoms. The molecule has 20 heavy (non-hydrogen) atoms. The minimum Gasteiger partial charge on any atom is -0.506 e. The van der Waals surface area contributed by atoms with E-state index in [4.69, 9.17) is 4.74 Å². The summed E-state index contributed by atoms with van der Waals surface area (Å²) in [6, 6.07) is 9.02. The monoisotopic (exact) mass is 297 g/mol. The maximum absolute atomic E-state index is 13.5. The fraction of sp³-hybridized carbons (Fsp3) is 0.0769. The van der Waals surface area contributed by atoms with Crippen LogP contribution in [0.15, 0.2) is 47.4 Å². The molecular formula is C13H12FNO4S. The Kier molecular flexibility index (Phi) is 3.80. The SMILES string of the molecule is COc1ccc(NS(=O)(=O)c2ccccc2F)c(O)c1. The Bertz CT molecular complexity index is 731. The third-order valence-corrected chi connectivity index (χ3v) is 3.97. The van der Waals surface area contributed by atoms with E-state index in [0.29, 0.717) is 5.75 Å². The van der Waals surface area contributed by atoms with E-state index in [1.807, 2.05) is 0 Å². The van der Waals surface area contributed by atoms with Crippen LogP contribution in [-0.4, -0.2) is 20.6 Å². The standard InChI is InChI=1S/C13H12FNO4S/c1-19-9-6-7-11(12(16)8-9)15-20(17,18)13-5-3-2-4-10(13)14/h2-8,15-16H,1H3. The van der Waals surface area contributed by atoms with Crippen LogP contribution >= 0.6 is 0 Å². The van der Waals surface area contributed by atoms with Gasteiger partial charge in [-0.2, -0.15) is 0 Å². The lowest BCUT2D eigenvalue weighted by atomic mass is 10.3. The second kappa shape index (κ2) is 5.38. The van der Waals surface area contributed by atoms with Crippen molar-refractivity contribution in [1.29, 1.82) is 0 Å². The first kappa shape index (κ1) is 14.1. The van der Waals surface area contributed by atoms with E-state index >= 15 is 0 Å². The molecule has 0 saturated carbocycles. The van der Waals surface area contributed by atoms with Crippen molar-refractivity contribution in [3.63, 3.8) is 0 Å². The zero-order chi connectivity index (χ0) is 14.8. The Morgan fingerprint density at radius 2 is 1.90 bits per heavy atom. The van der Waals surface area contributed by atoms with E-state index in [1.165, 1.54) is 37.4 Å². The van der Waals surface area contributed by atoms with Crippen LogP contribution in [0.5, 0.6) is 11.5 Å². The van der Waals surface area contributed by atoms with Crippen molar-refractivity contribution >= 4 is 15.7 Å². The minimum absolute atomic E-state index is 0.0611. The van der Waals surface area contributed by atoms with Crippen molar-refractivity contribution in [2.24, 2.45) is 0 Å². The Morgan fingerprint density at radius 3 is 2.50 bits per heavy atom. The van der Waals surface area contributed by atoms with Crippen LogP contribution in [0.1, 0.15) is 0 Å². The predicted molar refractivity (Wildman–Crippen MR) is 71.9 cm³/mol. The van der Waals surface area contributed by atoms with Crippen molar-refractivity contribution in [3.05, 3.63) is 48.3 Å². The van der Waals surface area contributed by atoms with Crippen LogP contribution in [0, 0.1) is 5.82 Å². The van der Waals surface area contributed by atoms with Crippen molar-refractivity contribution in [2.75, 3.05) is 11.8 Å². The molecule has 0 bridgehead atoms. The molecule has 2 rings (SSSR count). The molecule has 2 aromatic carbocycles. The molecule has 0 aliphatic rings. The van der Waals surface area contributed by atoms with Gasteiger partial charge in [-0.15, -0.1) is 0 Å². The number of methoxy groups -OCH3 is 1. The van der Waals surface area contributed by atoms with E-state index in [2.05, 4.69) is 4.72 Å². The van der Waals surface area contributed by atoms with Gasteiger partial charge in [0, 0.05) is 6.07 Å². The van der Waals surface area contributed by atoms with Crippen LogP contribution in [0.25, 0.3) is 0 Å². The molecule has 5 nitrogen and oxygen atoms in total. The van der Waals surface area contributed by atoms with E-state index in [-0.39, 0.29) is 11.4 Å². The van der Waals surface area contributed by atoms with Crippen molar-refractivity contribution in [2.45, 2.75) is 4.90 Å². The maximum atomic E-state index is 13.5. The lowest BCUT2D eigenvalue weighted by Gasteiger charge is -2.11. The molecule has 0 aliphatic heterocycles. The van der Waals surface area contributed by atoms with Gasteiger partial charge in [0.15, 0.2) is 0 Å². The molecule has 0 amide bonds. The van der Waals surface area contributed by atoms with E-state index in [0.717, 1.165) is 12.1 Å². The molecule has 0 heterocycles. The third-order valence-electron chi connectivity index (χ3n) is 2.58. The molecule has 0 atom stereocenters. The summed E-state index contributed by atoms with van der Waals surface area (Å²) in [6.45, 7) is 0. The number of phenols is 1. The largest absolute Gasteiger partial charge is 0.506 e. The molecule has 0 aliphatic carbocycles. The predicted octanol–water partition coefficient (Wildman–Crippen LogP) is 2.34. The number of phenolic OH excluding ortho intramolecular Hbond substituents is 1. The van der Waals surface area contributed by atoms with Crippen LogP contribution in [-0.2, 0) is 10.0 Å². The minimum atomic E-state index is -4.11. The molecule has 2 N–H and O–H groups in total. The number of hydrogen-bond acceptors (Lipinski definition) is 4. The van der Waals surface area contributed by atoms with Gasteiger partial charge >= 0.3 is 0 Å². The number of benzene rings is 2. The summed E-state index contributed by atoms with van der Waals surface area (Å²) in [6.07, 6.45) is 0. The summed E-state index contributed by atoms with van der Waals surface area (Å²) in [5.74, 6) is -0.811.